The van der Waals surface area contributed by atoms with Crippen molar-refractivity contribution >= 4 is 32.9 Å². The van der Waals surface area contributed by atoms with Gasteiger partial charge in [0.25, 0.3) is 10.0 Å². The number of benzene rings is 2. The van der Waals surface area contributed by atoms with Gasteiger partial charge in [0.05, 0.1) is 12.0 Å². The van der Waals surface area contributed by atoms with Gasteiger partial charge in [-0.25, -0.2) is 23.0 Å². The van der Waals surface area contributed by atoms with Crippen molar-refractivity contribution in [3.05, 3.63) is 42.5 Å². The number of nitrogens with one attached hydrogen (secondary N) is 1. The molecule has 0 bridgehead atoms. The lowest BCUT2D eigenvalue weighted by atomic mass is 9.97. The van der Waals surface area contributed by atoms with E-state index in [-0.39, 0.29) is 29.5 Å². The average molecular weight is 489 g/mol. The highest BCUT2D eigenvalue weighted by molar-refractivity contribution is 7.89. The van der Waals surface area contributed by atoms with Gasteiger partial charge in [0.15, 0.2) is 0 Å². The summed E-state index contributed by atoms with van der Waals surface area (Å²) in [5.74, 6) is 0.0638. The van der Waals surface area contributed by atoms with Gasteiger partial charge in [0, 0.05) is 32.7 Å². The van der Waals surface area contributed by atoms with E-state index >= 15 is 0 Å². The molecule has 2 aliphatic rings. The van der Waals surface area contributed by atoms with Crippen molar-refractivity contribution in [3.8, 4) is 0 Å². The van der Waals surface area contributed by atoms with Crippen LogP contribution in [0.1, 0.15) is 32.1 Å². The summed E-state index contributed by atoms with van der Waals surface area (Å²) in [5.41, 5.74) is 0. The first-order valence-electron chi connectivity index (χ1n) is 11.8. The van der Waals surface area contributed by atoms with E-state index in [1.165, 1.54) is 12.1 Å². The summed E-state index contributed by atoms with van der Waals surface area (Å²) < 4.78 is 31.4. The Bertz CT molecular complexity index is 1130. The number of ether oxygens (including phenoxy) is 1. The van der Waals surface area contributed by atoms with Crippen LogP contribution >= 0.6 is 0 Å². The van der Waals surface area contributed by atoms with Crippen LogP contribution in [-0.4, -0.2) is 75.2 Å². The Kier molecular flexibility index (Phi) is 7.57. The highest BCUT2D eigenvalue weighted by Crippen LogP contribution is 2.22. The first kappa shape index (κ1) is 24.3. The summed E-state index contributed by atoms with van der Waals surface area (Å²) in [7, 11) is -2.61. The Morgan fingerprint density at radius 1 is 0.971 bits per heavy atom. The van der Waals surface area contributed by atoms with Crippen molar-refractivity contribution in [2.45, 2.75) is 37.0 Å². The smallest absolute Gasteiger partial charge is 0.409 e. The van der Waals surface area contributed by atoms with Crippen LogP contribution in [0.4, 0.5) is 9.59 Å². The van der Waals surface area contributed by atoms with E-state index in [2.05, 4.69) is 4.83 Å². The third-order valence-electron chi connectivity index (χ3n) is 6.61. The molecule has 1 N–H and O–H groups in total. The number of hydrazine groups is 1. The fourth-order valence-electron chi connectivity index (χ4n) is 4.63. The van der Waals surface area contributed by atoms with Gasteiger partial charge in [-0.3, -0.25) is 0 Å². The minimum absolute atomic E-state index is 0.0638. The molecule has 0 unspecified atom stereocenters. The molecule has 3 amide bonds. The summed E-state index contributed by atoms with van der Waals surface area (Å²) in [6.07, 6.45) is 3.85. The molecule has 184 valence electrons. The second kappa shape index (κ2) is 10.6. The molecule has 2 saturated heterocycles. The molecule has 2 aliphatic heterocycles. The van der Waals surface area contributed by atoms with E-state index < -0.39 is 10.0 Å². The van der Waals surface area contributed by atoms with Crippen molar-refractivity contribution in [1.82, 2.24) is 19.6 Å². The monoisotopic (exact) mass is 488 g/mol. The summed E-state index contributed by atoms with van der Waals surface area (Å²) in [4.78, 5) is 31.2. The first-order chi connectivity index (χ1) is 16.4. The molecule has 34 heavy (non-hydrogen) atoms. The molecule has 0 aromatic heterocycles. The molecule has 0 saturated carbocycles. The number of sulfonamides is 1. The molecule has 2 aromatic rings. The summed E-state index contributed by atoms with van der Waals surface area (Å²) in [6.45, 7) is 2.51. The van der Waals surface area contributed by atoms with Gasteiger partial charge in [0.1, 0.15) is 0 Å². The van der Waals surface area contributed by atoms with Gasteiger partial charge >= 0.3 is 12.1 Å². The molecule has 0 aliphatic carbocycles. The molecule has 0 spiro atoms. The van der Waals surface area contributed by atoms with Gasteiger partial charge < -0.3 is 14.5 Å². The lowest BCUT2D eigenvalue weighted by Gasteiger charge is -2.37. The van der Waals surface area contributed by atoms with Crippen molar-refractivity contribution in [3.63, 3.8) is 0 Å². The zero-order chi connectivity index (χ0) is 24.1. The van der Waals surface area contributed by atoms with Crippen molar-refractivity contribution in [2.24, 2.45) is 5.92 Å². The van der Waals surface area contributed by atoms with Crippen LogP contribution in [0.25, 0.3) is 10.8 Å². The van der Waals surface area contributed by atoms with Gasteiger partial charge in [-0.1, -0.05) is 30.3 Å². The normalized spacial score (nSPS) is 17.6. The highest BCUT2D eigenvalue weighted by Gasteiger charge is 2.31. The standard InChI is InChI=1S/C24H32N4O5S/c1-33-24(30)27-15-11-19(12-16-27)18-28(23(29)26-13-5-2-6-14-26)25-34(31,32)22-10-9-20-7-3-4-8-21(20)17-22/h3-4,7-10,17,19,25H,2,5-6,11-16,18H2,1H3. The van der Waals surface area contributed by atoms with E-state index in [0.29, 0.717) is 39.0 Å². The molecule has 2 aromatic carbocycles. The molecule has 4 rings (SSSR count). The van der Waals surface area contributed by atoms with Crippen molar-refractivity contribution < 1.29 is 22.7 Å². The van der Waals surface area contributed by atoms with Crippen LogP contribution in [0, 0.1) is 5.92 Å². The van der Waals surface area contributed by atoms with E-state index in [1.54, 1.807) is 28.0 Å². The minimum atomic E-state index is -3.97. The number of fused-ring (bicyclic) bond motifs is 1. The van der Waals surface area contributed by atoms with Gasteiger partial charge in [-0.2, -0.15) is 0 Å². The van der Waals surface area contributed by atoms with Crippen LogP contribution in [0.3, 0.4) is 0 Å². The number of carbonyl (C=O) groups is 2. The van der Waals surface area contributed by atoms with E-state index in [1.807, 2.05) is 24.3 Å². The third kappa shape index (κ3) is 5.61. The summed E-state index contributed by atoms with van der Waals surface area (Å²) in [6, 6.07) is 12.2. The second-order valence-corrected chi connectivity index (χ2v) is 10.6. The maximum absolute atomic E-state index is 13.4. The fraction of sp³-hybridized carbons (Fsp3) is 0.500. The van der Waals surface area contributed by atoms with Crippen LogP contribution < -0.4 is 4.83 Å². The number of rotatable bonds is 5. The number of amides is 3. The predicted octanol–water partition coefficient (Wildman–Crippen LogP) is 3.42. The van der Waals surface area contributed by atoms with Crippen LogP contribution in [0.2, 0.25) is 0 Å². The van der Waals surface area contributed by atoms with Gasteiger partial charge in [0.2, 0.25) is 0 Å². The Labute approximate surface area is 200 Å². The number of likely N-dealkylation sites (tertiary alicyclic amines) is 2. The lowest BCUT2D eigenvalue weighted by Crippen LogP contribution is -2.55. The molecule has 0 radical (unpaired) electrons. The number of carbonyl (C=O) groups excluding carboxylic acids is 2. The zero-order valence-corrected chi connectivity index (χ0v) is 20.3. The SMILES string of the molecule is COC(=O)N1CCC(CN(NS(=O)(=O)c2ccc3ccccc3c2)C(=O)N2CCCCC2)CC1. The zero-order valence-electron chi connectivity index (χ0n) is 19.5. The fourth-order valence-corrected chi connectivity index (χ4v) is 5.71. The summed E-state index contributed by atoms with van der Waals surface area (Å²) in [5, 5.41) is 3.02. The Morgan fingerprint density at radius 3 is 2.32 bits per heavy atom. The lowest BCUT2D eigenvalue weighted by molar-refractivity contribution is 0.0912. The molecule has 0 atom stereocenters. The number of piperidine rings is 2. The molecule has 2 heterocycles. The predicted molar refractivity (Wildman–Crippen MR) is 128 cm³/mol. The summed E-state index contributed by atoms with van der Waals surface area (Å²) >= 11 is 0. The highest BCUT2D eigenvalue weighted by atomic mass is 32.2. The van der Waals surface area contributed by atoms with Crippen molar-refractivity contribution in [2.75, 3.05) is 39.8 Å². The quantitative estimate of drug-likeness (QED) is 0.650. The minimum Gasteiger partial charge on any atom is -0.453 e. The maximum Gasteiger partial charge on any atom is 0.409 e. The molecular weight excluding hydrogens is 456 g/mol. The van der Waals surface area contributed by atoms with Crippen LogP contribution in [0.5, 0.6) is 0 Å². The third-order valence-corrected chi connectivity index (χ3v) is 7.94. The van der Waals surface area contributed by atoms with Crippen LogP contribution in [-0.2, 0) is 14.8 Å². The van der Waals surface area contributed by atoms with Gasteiger partial charge in [-0.05, 0) is 60.9 Å². The van der Waals surface area contributed by atoms with Gasteiger partial charge in [-0.15, -0.1) is 4.83 Å². The van der Waals surface area contributed by atoms with Crippen molar-refractivity contribution in [1.29, 1.82) is 0 Å². The molecular formula is C24H32N4O5S. The molecule has 9 nitrogen and oxygen atoms in total. The number of nitrogens with zero attached hydrogens (tertiary/aromatic N) is 3. The number of urea groups is 1. The second-order valence-electron chi connectivity index (χ2n) is 8.95. The maximum atomic E-state index is 13.4. The Morgan fingerprint density at radius 2 is 1.65 bits per heavy atom. The Balaban J connectivity index is 1.52. The molecule has 10 heteroatoms. The number of hydrogen-bond donors (Lipinski definition) is 1. The van der Waals surface area contributed by atoms with Crippen LogP contribution in [0.15, 0.2) is 47.4 Å². The average Bonchev–Trinajstić information content (AvgIpc) is 2.88. The van der Waals surface area contributed by atoms with E-state index in [4.69, 9.17) is 4.74 Å². The topological polar surface area (TPSA) is 99.3 Å². The molecule has 2 fully saturated rings. The number of hydrogen-bond acceptors (Lipinski definition) is 5. The van der Waals surface area contributed by atoms with E-state index in [9.17, 15) is 18.0 Å². The number of methoxy groups -OCH3 is 1. The first-order valence-corrected chi connectivity index (χ1v) is 13.3. The van der Waals surface area contributed by atoms with E-state index in [0.717, 1.165) is 30.0 Å². The Hall–Kier alpha value is -2.85. The largest absolute Gasteiger partial charge is 0.453 e.